The average Bonchev–Trinajstić information content (AvgIpc) is 2.34. The molecule has 0 radical (unpaired) electrons. The fourth-order valence-corrected chi connectivity index (χ4v) is 2.76. The Morgan fingerprint density at radius 3 is 2.78 bits per heavy atom. The molecule has 1 aromatic rings. The summed E-state index contributed by atoms with van der Waals surface area (Å²) in [5.41, 5.74) is 7.97. The highest BCUT2D eigenvalue weighted by Crippen LogP contribution is 2.38. The molecule has 3 N–H and O–H groups in total. The van der Waals surface area contributed by atoms with E-state index < -0.39 is 0 Å². The van der Waals surface area contributed by atoms with Crippen molar-refractivity contribution in [2.75, 3.05) is 18.2 Å². The molecule has 100 valence electrons. The number of anilines is 2. The molecule has 1 saturated carbocycles. The summed E-state index contributed by atoms with van der Waals surface area (Å²) >= 11 is 0. The quantitative estimate of drug-likeness (QED) is 0.802. The first-order chi connectivity index (χ1) is 8.53. The van der Waals surface area contributed by atoms with Crippen molar-refractivity contribution in [3.05, 3.63) is 18.2 Å². The molecule has 1 aliphatic rings. The van der Waals surface area contributed by atoms with E-state index >= 15 is 0 Å². The molecule has 1 unspecified atom stereocenters. The fourth-order valence-electron chi connectivity index (χ4n) is 2.76. The van der Waals surface area contributed by atoms with Gasteiger partial charge in [-0.2, -0.15) is 0 Å². The van der Waals surface area contributed by atoms with Gasteiger partial charge in [0.2, 0.25) is 0 Å². The monoisotopic (exact) mass is 248 g/mol. The molecule has 0 amide bonds. The maximum Gasteiger partial charge on any atom is 0.143 e. The summed E-state index contributed by atoms with van der Waals surface area (Å²) in [6, 6.07) is 6.44. The largest absolute Gasteiger partial charge is 0.495 e. The number of nitrogen functional groups attached to an aromatic ring is 1. The van der Waals surface area contributed by atoms with Crippen LogP contribution in [0.1, 0.15) is 39.5 Å². The lowest BCUT2D eigenvalue weighted by Crippen LogP contribution is -2.38. The van der Waals surface area contributed by atoms with Crippen molar-refractivity contribution in [1.29, 1.82) is 0 Å². The lowest BCUT2D eigenvalue weighted by molar-refractivity contribution is 0.217. The summed E-state index contributed by atoms with van der Waals surface area (Å²) in [6.45, 7) is 4.69. The molecule has 0 aliphatic heterocycles. The van der Waals surface area contributed by atoms with Crippen LogP contribution >= 0.6 is 0 Å². The summed E-state index contributed by atoms with van der Waals surface area (Å²) in [5.74, 6) is 0.744. The van der Waals surface area contributed by atoms with Gasteiger partial charge in [0.1, 0.15) is 5.75 Å². The molecule has 0 heterocycles. The van der Waals surface area contributed by atoms with Crippen molar-refractivity contribution >= 4 is 11.4 Å². The van der Waals surface area contributed by atoms with Crippen LogP contribution in [0, 0.1) is 5.41 Å². The van der Waals surface area contributed by atoms with E-state index in [9.17, 15) is 0 Å². The summed E-state index contributed by atoms with van der Waals surface area (Å²) < 4.78 is 5.26. The second-order valence-electron chi connectivity index (χ2n) is 5.89. The Morgan fingerprint density at radius 2 is 2.11 bits per heavy atom. The van der Waals surface area contributed by atoms with E-state index in [-0.39, 0.29) is 0 Å². The molecule has 18 heavy (non-hydrogen) atoms. The van der Waals surface area contributed by atoms with Gasteiger partial charge >= 0.3 is 0 Å². The van der Waals surface area contributed by atoms with Crippen molar-refractivity contribution in [3.8, 4) is 5.75 Å². The second-order valence-corrected chi connectivity index (χ2v) is 5.89. The van der Waals surface area contributed by atoms with Crippen molar-refractivity contribution in [1.82, 2.24) is 0 Å². The SMILES string of the molecule is COc1cc(NC2CCCCC2(C)C)ccc1N. The molecule has 1 atom stereocenters. The van der Waals surface area contributed by atoms with Gasteiger partial charge in [-0.05, 0) is 30.4 Å². The molecular formula is C15H24N2O. The number of benzene rings is 1. The zero-order valence-electron chi connectivity index (χ0n) is 11.6. The molecule has 1 fully saturated rings. The van der Waals surface area contributed by atoms with Crippen LogP contribution in [0.4, 0.5) is 11.4 Å². The third-order valence-corrected chi connectivity index (χ3v) is 4.08. The van der Waals surface area contributed by atoms with E-state index in [1.807, 2.05) is 18.2 Å². The number of hydrogen-bond donors (Lipinski definition) is 2. The topological polar surface area (TPSA) is 47.3 Å². The zero-order chi connectivity index (χ0) is 13.2. The van der Waals surface area contributed by atoms with Crippen molar-refractivity contribution in [3.63, 3.8) is 0 Å². The highest BCUT2D eigenvalue weighted by molar-refractivity contribution is 5.61. The lowest BCUT2D eigenvalue weighted by atomic mass is 9.73. The molecule has 0 saturated heterocycles. The fraction of sp³-hybridized carbons (Fsp3) is 0.600. The number of rotatable bonds is 3. The van der Waals surface area contributed by atoms with Gasteiger partial charge in [-0.3, -0.25) is 0 Å². The van der Waals surface area contributed by atoms with E-state index in [0.29, 0.717) is 17.1 Å². The number of hydrogen-bond acceptors (Lipinski definition) is 3. The van der Waals surface area contributed by atoms with Crippen LogP contribution in [-0.2, 0) is 0 Å². The van der Waals surface area contributed by atoms with Crippen molar-refractivity contribution in [2.45, 2.75) is 45.6 Å². The number of methoxy groups -OCH3 is 1. The van der Waals surface area contributed by atoms with Crippen LogP contribution in [0.3, 0.4) is 0 Å². The summed E-state index contributed by atoms with van der Waals surface area (Å²) in [6.07, 6.45) is 5.18. The number of ether oxygens (including phenoxy) is 1. The van der Waals surface area contributed by atoms with E-state index in [0.717, 1.165) is 11.4 Å². The first-order valence-electron chi connectivity index (χ1n) is 6.73. The molecular weight excluding hydrogens is 224 g/mol. The van der Waals surface area contributed by atoms with E-state index in [1.165, 1.54) is 25.7 Å². The Labute approximate surface area is 110 Å². The second kappa shape index (κ2) is 5.09. The Balaban J connectivity index is 2.13. The standard InChI is InChI=1S/C15H24N2O/c1-15(2)9-5-4-6-14(15)17-11-7-8-12(16)13(10-11)18-3/h7-8,10,14,17H,4-6,9,16H2,1-3H3. The molecule has 0 spiro atoms. The molecule has 0 bridgehead atoms. The van der Waals surface area contributed by atoms with Gasteiger partial charge in [0.25, 0.3) is 0 Å². The normalized spacial score (nSPS) is 22.5. The number of nitrogens with two attached hydrogens (primary N) is 1. The van der Waals surface area contributed by atoms with Crippen molar-refractivity contribution in [2.24, 2.45) is 5.41 Å². The van der Waals surface area contributed by atoms with E-state index in [2.05, 4.69) is 19.2 Å². The summed E-state index contributed by atoms with van der Waals surface area (Å²) in [7, 11) is 1.65. The van der Waals surface area contributed by atoms with Crippen LogP contribution in [0.25, 0.3) is 0 Å². The van der Waals surface area contributed by atoms with Crippen LogP contribution < -0.4 is 15.8 Å². The zero-order valence-corrected chi connectivity index (χ0v) is 11.6. The first-order valence-corrected chi connectivity index (χ1v) is 6.73. The molecule has 3 heteroatoms. The minimum absolute atomic E-state index is 0.354. The summed E-state index contributed by atoms with van der Waals surface area (Å²) in [5, 5.41) is 3.64. The van der Waals surface area contributed by atoms with Gasteiger partial charge in [0.15, 0.2) is 0 Å². The maximum absolute atomic E-state index is 5.83. The maximum atomic E-state index is 5.83. The Morgan fingerprint density at radius 1 is 1.33 bits per heavy atom. The van der Waals surface area contributed by atoms with E-state index in [1.54, 1.807) is 7.11 Å². The van der Waals surface area contributed by atoms with Gasteiger partial charge in [-0.15, -0.1) is 0 Å². The van der Waals surface area contributed by atoms with Gasteiger partial charge < -0.3 is 15.8 Å². The minimum Gasteiger partial charge on any atom is -0.495 e. The van der Waals surface area contributed by atoms with Gasteiger partial charge in [0, 0.05) is 17.8 Å². The third kappa shape index (κ3) is 2.71. The van der Waals surface area contributed by atoms with Crippen molar-refractivity contribution < 1.29 is 4.74 Å². The Kier molecular flexibility index (Phi) is 3.69. The van der Waals surface area contributed by atoms with Gasteiger partial charge in [0.05, 0.1) is 12.8 Å². The molecule has 1 aliphatic carbocycles. The minimum atomic E-state index is 0.354. The van der Waals surface area contributed by atoms with Gasteiger partial charge in [-0.1, -0.05) is 26.7 Å². The first kappa shape index (κ1) is 13.1. The smallest absolute Gasteiger partial charge is 0.143 e. The predicted molar refractivity (Wildman–Crippen MR) is 77.1 cm³/mol. The highest BCUT2D eigenvalue weighted by atomic mass is 16.5. The molecule has 0 aromatic heterocycles. The molecule has 3 nitrogen and oxygen atoms in total. The van der Waals surface area contributed by atoms with Crippen LogP contribution in [0.15, 0.2) is 18.2 Å². The summed E-state index contributed by atoms with van der Waals surface area (Å²) in [4.78, 5) is 0. The van der Waals surface area contributed by atoms with Crippen LogP contribution in [0.2, 0.25) is 0 Å². The van der Waals surface area contributed by atoms with Gasteiger partial charge in [-0.25, -0.2) is 0 Å². The third-order valence-electron chi connectivity index (χ3n) is 4.08. The Hall–Kier alpha value is -1.38. The lowest BCUT2D eigenvalue weighted by Gasteiger charge is -2.39. The van der Waals surface area contributed by atoms with E-state index in [4.69, 9.17) is 10.5 Å². The Bertz CT molecular complexity index is 415. The highest BCUT2D eigenvalue weighted by Gasteiger charge is 2.31. The van der Waals surface area contributed by atoms with Crippen LogP contribution in [-0.4, -0.2) is 13.2 Å². The molecule has 1 aromatic carbocycles. The molecule has 2 rings (SSSR count). The van der Waals surface area contributed by atoms with Crippen LogP contribution in [0.5, 0.6) is 5.75 Å². The average molecular weight is 248 g/mol. The number of nitrogens with one attached hydrogen (secondary N) is 1. The predicted octanol–water partition coefficient (Wildman–Crippen LogP) is 3.66.